The normalized spacial score (nSPS) is 20.1. The van der Waals surface area contributed by atoms with E-state index in [0.29, 0.717) is 24.3 Å². The van der Waals surface area contributed by atoms with Crippen molar-refractivity contribution >= 4 is 11.8 Å². The fourth-order valence-corrected chi connectivity index (χ4v) is 3.44. The van der Waals surface area contributed by atoms with Crippen LogP contribution in [0.4, 0.5) is 0 Å². The average Bonchev–Trinajstić information content (AvgIpc) is 3.07. The Morgan fingerprint density at radius 3 is 2.85 bits per heavy atom. The van der Waals surface area contributed by atoms with Gasteiger partial charge in [0.05, 0.1) is 31.3 Å². The van der Waals surface area contributed by atoms with Crippen LogP contribution in [0.5, 0.6) is 5.75 Å². The quantitative estimate of drug-likeness (QED) is 0.864. The Bertz CT molecular complexity index is 804. The summed E-state index contributed by atoms with van der Waals surface area (Å²) in [7, 11) is 5.12. The molecule has 1 aliphatic heterocycles. The number of piperidine rings is 1. The third-order valence-electron chi connectivity index (χ3n) is 4.86. The lowest BCUT2D eigenvalue weighted by Gasteiger charge is -2.38. The van der Waals surface area contributed by atoms with Gasteiger partial charge in [0.1, 0.15) is 11.4 Å². The minimum atomic E-state index is -0.345. The van der Waals surface area contributed by atoms with Gasteiger partial charge in [0.2, 0.25) is 11.8 Å². The van der Waals surface area contributed by atoms with Crippen molar-refractivity contribution in [3.63, 3.8) is 0 Å². The number of likely N-dealkylation sites (tertiary alicyclic amines) is 1. The van der Waals surface area contributed by atoms with Crippen LogP contribution in [-0.2, 0) is 23.2 Å². The van der Waals surface area contributed by atoms with Crippen LogP contribution in [0, 0.1) is 5.92 Å². The summed E-state index contributed by atoms with van der Waals surface area (Å²) in [4.78, 5) is 31.0. The molecule has 3 heterocycles. The van der Waals surface area contributed by atoms with Gasteiger partial charge in [0.25, 0.3) is 0 Å². The van der Waals surface area contributed by atoms with Gasteiger partial charge in [0.15, 0.2) is 0 Å². The summed E-state index contributed by atoms with van der Waals surface area (Å²) >= 11 is 0. The van der Waals surface area contributed by atoms with Gasteiger partial charge in [-0.05, 0) is 24.6 Å². The summed E-state index contributed by atoms with van der Waals surface area (Å²) in [6.45, 7) is 0.273. The first kappa shape index (κ1) is 17.9. The van der Waals surface area contributed by atoms with Crippen molar-refractivity contribution in [3.05, 3.63) is 42.0 Å². The molecule has 2 aromatic rings. The molecule has 1 N–H and O–H groups in total. The number of nitrogens with zero attached hydrogens (tertiary/aromatic N) is 4. The highest BCUT2D eigenvalue weighted by Crippen LogP contribution is 2.35. The zero-order valence-electron chi connectivity index (χ0n) is 15.2. The molecule has 1 aliphatic rings. The summed E-state index contributed by atoms with van der Waals surface area (Å²) in [6.07, 6.45) is 4.20. The molecular weight excluding hydrogens is 334 g/mol. The molecular formula is C18H23N5O3. The lowest BCUT2D eigenvalue weighted by molar-refractivity contribution is -0.142. The molecule has 8 nitrogen and oxygen atoms in total. The van der Waals surface area contributed by atoms with Crippen LogP contribution in [-0.4, -0.2) is 45.6 Å². The van der Waals surface area contributed by atoms with E-state index in [0.717, 1.165) is 5.69 Å². The molecule has 1 saturated heterocycles. The Hall–Kier alpha value is -2.90. The number of methoxy groups -OCH3 is 1. The number of carbonyl (C=O) groups is 2. The van der Waals surface area contributed by atoms with Crippen molar-refractivity contribution in [1.82, 2.24) is 25.0 Å². The fraction of sp³-hybridized carbons (Fsp3) is 0.444. The van der Waals surface area contributed by atoms with Gasteiger partial charge in [-0.1, -0.05) is 0 Å². The standard InChI is InChI=1S/C18H23N5O3/c1-22-16(24)7-6-12(17(22)14-8-10-21-23(14)2)18(25)20-11-13-15(26-3)5-4-9-19-13/h4-5,8-10,12,17H,6-7,11H2,1-3H3,(H,20,25)/t12-,17-/m0/s1. The topological polar surface area (TPSA) is 89.3 Å². The van der Waals surface area contributed by atoms with Crippen LogP contribution in [0.25, 0.3) is 0 Å². The number of hydrogen-bond donors (Lipinski definition) is 1. The first-order valence-electron chi connectivity index (χ1n) is 8.52. The van der Waals surface area contributed by atoms with E-state index in [1.54, 1.807) is 48.3 Å². The second kappa shape index (κ2) is 7.55. The van der Waals surface area contributed by atoms with E-state index in [1.165, 1.54) is 0 Å². The molecule has 0 aromatic carbocycles. The van der Waals surface area contributed by atoms with Gasteiger partial charge in [-0.2, -0.15) is 5.10 Å². The van der Waals surface area contributed by atoms with Gasteiger partial charge in [0, 0.05) is 32.9 Å². The number of aryl methyl sites for hydroxylation is 1. The highest BCUT2D eigenvalue weighted by Gasteiger charge is 2.40. The van der Waals surface area contributed by atoms with Gasteiger partial charge in [-0.25, -0.2) is 0 Å². The van der Waals surface area contributed by atoms with Gasteiger partial charge in [-0.3, -0.25) is 19.3 Å². The number of amides is 2. The van der Waals surface area contributed by atoms with Crippen molar-refractivity contribution in [2.75, 3.05) is 14.2 Å². The average molecular weight is 357 g/mol. The van der Waals surface area contributed by atoms with Gasteiger partial charge >= 0.3 is 0 Å². The van der Waals surface area contributed by atoms with Gasteiger partial charge < -0.3 is 15.0 Å². The molecule has 2 atom stereocenters. The molecule has 0 aliphatic carbocycles. The third kappa shape index (κ3) is 3.40. The van der Waals surface area contributed by atoms with Crippen LogP contribution in [0.2, 0.25) is 0 Å². The molecule has 3 rings (SSSR count). The predicted molar refractivity (Wildman–Crippen MR) is 94.1 cm³/mol. The number of nitrogens with one attached hydrogen (secondary N) is 1. The van der Waals surface area contributed by atoms with Crippen LogP contribution in [0.3, 0.4) is 0 Å². The number of aromatic nitrogens is 3. The highest BCUT2D eigenvalue weighted by molar-refractivity contribution is 5.84. The van der Waals surface area contributed by atoms with E-state index >= 15 is 0 Å². The number of rotatable bonds is 5. The maximum atomic E-state index is 12.9. The van der Waals surface area contributed by atoms with Crippen LogP contribution in [0.1, 0.15) is 30.3 Å². The number of ether oxygens (including phenoxy) is 1. The molecule has 0 radical (unpaired) electrons. The van der Waals surface area contributed by atoms with Crippen molar-refractivity contribution in [2.45, 2.75) is 25.4 Å². The number of hydrogen-bond acceptors (Lipinski definition) is 5. The molecule has 2 aromatic heterocycles. The van der Waals surface area contributed by atoms with E-state index in [4.69, 9.17) is 4.74 Å². The molecule has 0 bridgehead atoms. The number of carbonyl (C=O) groups excluding carboxylic acids is 2. The molecule has 0 saturated carbocycles. The molecule has 138 valence electrons. The second-order valence-corrected chi connectivity index (χ2v) is 6.34. The van der Waals surface area contributed by atoms with Crippen LogP contribution >= 0.6 is 0 Å². The van der Waals surface area contributed by atoms with Crippen LogP contribution < -0.4 is 10.1 Å². The first-order valence-corrected chi connectivity index (χ1v) is 8.52. The predicted octanol–water partition coefficient (Wildman–Crippen LogP) is 1.05. The van der Waals surface area contributed by atoms with Crippen molar-refractivity contribution in [1.29, 1.82) is 0 Å². The fourth-order valence-electron chi connectivity index (χ4n) is 3.44. The Kier molecular flexibility index (Phi) is 5.20. The minimum absolute atomic E-state index is 0.0339. The largest absolute Gasteiger partial charge is 0.495 e. The monoisotopic (exact) mass is 357 g/mol. The Balaban J connectivity index is 1.78. The Morgan fingerprint density at radius 1 is 1.35 bits per heavy atom. The van der Waals surface area contributed by atoms with E-state index in [9.17, 15) is 9.59 Å². The zero-order chi connectivity index (χ0) is 18.7. The third-order valence-corrected chi connectivity index (χ3v) is 4.86. The summed E-state index contributed by atoms with van der Waals surface area (Å²) in [5.74, 6) is 0.213. The maximum Gasteiger partial charge on any atom is 0.225 e. The molecule has 8 heteroatoms. The molecule has 0 spiro atoms. The molecule has 1 fully saturated rings. The lowest BCUT2D eigenvalue weighted by atomic mass is 9.86. The van der Waals surface area contributed by atoms with Gasteiger partial charge in [-0.15, -0.1) is 0 Å². The van der Waals surface area contributed by atoms with E-state index < -0.39 is 0 Å². The molecule has 2 amide bonds. The molecule has 26 heavy (non-hydrogen) atoms. The number of pyridine rings is 1. The summed E-state index contributed by atoms with van der Waals surface area (Å²) < 4.78 is 6.98. The van der Waals surface area contributed by atoms with Crippen molar-refractivity contribution in [2.24, 2.45) is 13.0 Å². The first-order chi connectivity index (χ1) is 12.5. The smallest absolute Gasteiger partial charge is 0.225 e. The van der Waals surface area contributed by atoms with Crippen LogP contribution in [0.15, 0.2) is 30.6 Å². The highest BCUT2D eigenvalue weighted by atomic mass is 16.5. The second-order valence-electron chi connectivity index (χ2n) is 6.34. The van der Waals surface area contributed by atoms with E-state index in [2.05, 4.69) is 15.4 Å². The Morgan fingerprint density at radius 2 is 2.15 bits per heavy atom. The van der Waals surface area contributed by atoms with E-state index in [1.807, 2.05) is 13.1 Å². The molecule has 0 unspecified atom stereocenters. The van der Waals surface area contributed by atoms with Crippen molar-refractivity contribution in [3.8, 4) is 5.75 Å². The van der Waals surface area contributed by atoms with Crippen molar-refractivity contribution < 1.29 is 14.3 Å². The summed E-state index contributed by atoms with van der Waals surface area (Å²) in [5, 5.41) is 7.12. The summed E-state index contributed by atoms with van der Waals surface area (Å²) in [5.41, 5.74) is 1.51. The lowest BCUT2D eigenvalue weighted by Crippen LogP contribution is -2.46. The summed E-state index contributed by atoms with van der Waals surface area (Å²) in [6, 6.07) is 5.10. The minimum Gasteiger partial charge on any atom is -0.495 e. The van der Waals surface area contributed by atoms with E-state index in [-0.39, 0.29) is 30.3 Å². The Labute approximate surface area is 152 Å². The maximum absolute atomic E-state index is 12.9. The SMILES string of the molecule is COc1cccnc1CNC(=O)[C@H]1CCC(=O)N(C)[C@@H]1c1ccnn1C. The zero-order valence-corrected chi connectivity index (χ0v) is 15.2.